The molecule has 0 saturated heterocycles. The van der Waals surface area contributed by atoms with Crippen molar-refractivity contribution in [2.75, 3.05) is 0 Å². The maximum atomic E-state index is 9.21. The van der Waals surface area contributed by atoms with E-state index >= 15 is 0 Å². The molecule has 1 unspecified atom stereocenters. The first-order valence-corrected chi connectivity index (χ1v) is 6.41. The lowest BCUT2D eigenvalue weighted by Gasteiger charge is -2.06. The van der Waals surface area contributed by atoms with E-state index in [0.29, 0.717) is 5.02 Å². The molecule has 2 nitrogen and oxygen atoms in total. The Morgan fingerprint density at radius 2 is 1.84 bits per heavy atom. The predicted molar refractivity (Wildman–Crippen MR) is 78.7 cm³/mol. The summed E-state index contributed by atoms with van der Waals surface area (Å²) in [7, 11) is 0. The van der Waals surface area contributed by atoms with Crippen LogP contribution in [-0.4, -0.2) is 11.2 Å². The van der Waals surface area contributed by atoms with Crippen molar-refractivity contribution in [1.29, 1.82) is 0 Å². The lowest BCUT2D eigenvalue weighted by atomic mass is 10.2. The summed E-state index contributed by atoms with van der Waals surface area (Å²) in [4.78, 5) is 0. The molecule has 0 amide bonds. The minimum atomic E-state index is -0.458. The Labute approximate surface area is 117 Å². The number of benzene rings is 2. The number of hydrogen-bond acceptors (Lipinski definition) is 2. The molecule has 0 aliphatic carbocycles. The normalized spacial score (nSPS) is 12.6. The maximum Gasteiger partial charge on any atom is 0.128 e. The van der Waals surface area contributed by atoms with Gasteiger partial charge in [0.25, 0.3) is 0 Å². The Kier molecular flexibility index (Phi) is 4.61. The van der Waals surface area contributed by atoms with Gasteiger partial charge >= 0.3 is 0 Å². The van der Waals surface area contributed by atoms with E-state index < -0.39 is 6.10 Å². The third kappa shape index (κ3) is 4.43. The lowest BCUT2D eigenvalue weighted by Crippen LogP contribution is -1.91. The van der Waals surface area contributed by atoms with E-state index in [1.165, 1.54) is 0 Å². The fourth-order valence-corrected chi connectivity index (χ4v) is 1.70. The van der Waals surface area contributed by atoms with Gasteiger partial charge < -0.3 is 9.84 Å². The van der Waals surface area contributed by atoms with Gasteiger partial charge in [-0.3, -0.25) is 0 Å². The second kappa shape index (κ2) is 6.41. The van der Waals surface area contributed by atoms with Crippen molar-refractivity contribution in [3.8, 4) is 11.5 Å². The van der Waals surface area contributed by atoms with Crippen LogP contribution in [0.5, 0.6) is 11.5 Å². The standard InChI is InChI=1S/C16H15ClO2/c1-12(18)5-6-13-3-2-4-16(11-13)19-15-9-7-14(17)8-10-15/h2-12,18H,1H3/b6-5+. The summed E-state index contributed by atoms with van der Waals surface area (Å²) in [5.74, 6) is 1.48. The van der Waals surface area contributed by atoms with Crippen LogP contribution in [0.1, 0.15) is 12.5 Å². The second-order valence-electron chi connectivity index (χ2n) is 4.23. The molecule has 0 fully saturated rings. The molecule has 0 saturated carbocycles. The summed E-state index contributed by atoms with van der Waals surface area (Å²) in [5.41, 5.74) is 0.979. The first-order chi connectivity index (χ1) is 9.13. The van der Waals surface area contributed by atoms with Gasteiger partial charge in [0, 0.05) is 5.02 Å². The minimum absolute atomic E-state index is 0.458. The first kappa shape index (κ1) is 13.7. The van der Waals surface area contributed by atoms with Crippen molar-refractivity contribution in [3.05, 3.63) is 65.2 Å². The largest absolute Gasteiger partial charge is 0.457 e. The molecular formula is C16H15ClO2. The predicted octanol–water partition coefficient (Wildman–Crippen LogP) is 4.53. The van der Waals surface area contributed by atoms with Gasteiger partial charge in [-0.05, 0) is 48.9 Å². The third-order valence-electron chi connectivity index (χ3n) is 2.47. The Morgan fingerprint density at radius 3 is 2.53 bits per heavy atom. The highest BCUT2D eigenvalue weighted by atomic mass is 35.5. The number of rotatable bonds is 4. The summed E-state index contributed by atoms with van der Waals surface area (Å²) in [5, 5.41) is 9.90. The summed E-state index contributed by atoms with van der Waals surface area (Å²) < 4.78 is 5.73. The first-order valence-electron chi connectivity index (χ1n) is 6.03. The summed E-state index contributed by atoms with van der Waals surface area (Å²) in [6, 6.07) is 14.9. The van der Waals surface area contributed by atoms with Gasteiger partial charge in [-0.1, -0.05) is 35.9 Å². The van der Waals surface area contributed by atoms with E-state index in [4.69, 9.17) is 16.3 Å². The molecule has 19 heavy (non-hydrogen) atoms. The number of halogens is 1. The molecule has 0 bridgehead atoms. The fourth-order valence-electron chi connectivity index (χ4n) is 1.57. The van der Waals surface area contributed by atoms with Crippen LogP contribution in [0.15, 0.2) is 54.6 Å². The summed E-state index contributed by atoms with van der Waals surface area (Å²) >= 11 is 5.82. The lowest BCUT2D eigenvalue weighted by molar-refractivity contribution is 0.245. The molecule has 3 heteroatoms. The number of aliphatic hydroxyl groups is 1. The molecule has 2 aromatic rings. The quantitative estimate of drug-likeness (QED) is 0.888. The van der Waals surface area contributed by atoms with Crippen molar-refractivity contribution in [2.45, 2.75) is 13.0 Å². The molecule has 1 atom stereocenters. The minimum Gasteiger partial charge on any atom is -0.457 e. The van der Waals surface area contributed by atoms with Crippen LogP contribution >= 0.6 is 11.6 Å². The zero-order chi connectivity index (χ0) is 13.7. The Balaban J connectivity index is 2.12. The monoisotopic (exact) mass is 274 g/mol. The number of aliphatic hydroxyl groups excluding tert-OH is 1. The van der Waals surface area contributed by atoms with E-state index in [1.54, 1.807) is 25.1 Å². The van der Waals surface area contributed by atoms with E-state index in [2.05, 4.69) is 0 Å². The van der Waals surface area contributed by atoms with Crippen molar-refractivity contribution >= 4 is 17.7 Å². The molecule has 2 rings (SSSR count). The molecule has 0 radical (unpaired) electrons. The zero-order valence-corrected chi connectivity index (χ0v) is 11.3. The Hall–Kier alpha value is -1.77. The van der Waals surface area contributed by atoms with Crippen LogP contribution < -0.4 is 4.74 Å². The van der Waals surface area contributed by atoms with Gasteiger partial charge in [-0.15, -0.1) is 0 Å². The van der Waals surface area contributed by atoms with Crippen LogP contribution in [0.3, 0.4) is 0 Å². The van der Waals surface area contributed by atoms with E-state index in [0.717, 1.165) is 17.1 Å². The second-order valence-corrected chi connectivity index (χ2v) is 4.66. The van der Waals surface area contributed by atoms with Crippen LogP contribution in [0.4, 0.5) is 0 Å². The highest BCUT2D eigenvalue weighted by molar-refractivity contribution is 6.30. The van der Waals surface area contributed by atoms with Crippen LogP contribution in [0.2, 0.25) is 5.02 Å². The van der Waals surface area contributed by atoms with Gasteiger partial charge in [0.2, 0.25) is 0 Å². The zero-order valence-electron chi connectivity index (χ0n) is 10.6. The van der Waals surface area contributed by atoms with Gasteiger partial charge in [-0.2, -0.15) is 0 Å². The molecule has 0 aliphatic heterocycles. The third-order valence-corrected chi connectivity index (χ3v) is 2.73. The van der Waals surface area contributed by atoms with E-state index in [9.17, 15) is 5.11 Å². The molecule has 0 aromatic heterocycles. The molecule has 1 N–H and O–H groups in total. The molecular weight excluding hydrogens is 260 g/mol. The number of hydrogen-bond donors (Lipinski definition) is 1. The van der Waals surface area contributed by atoms with Gasteiger partial charge in [-0.25, -0.2) is 0 Å². The summed E-state index contributed by atoms with van der Waals surface area (Å²) in [6.45, 7) is 1.71. The average molecular weight is 275 g/mol. The fraction of sp³-hybridized carbons (Fsp3) is 0.125. The number of ether oxygens (including phenoxy) is 1. The smallest absolute Gasteiger partial charge is 0.128 e. The van der Waals surface area contributed by atoms with Crippen molar-refractivity contribution in [1.82, 2.24) is 0 Å². The van der Waals surface area contributed by atoms with Crippen molar-refractivity contribution in [3.63, 3.8) is 0 Å². The average Bonchev–Trinajstić information content (AvgIpc) is 2.40. The van der Waals surface area contributed by atoms with Crippen LogP contribution in [-0.2, 0) is 0 Å². The van der Waals surface area contributed by atoms with Crippen LogP contribution in [0.25, 0.3) is 6.08 Å². The molecule has 2 aromatic carbocycles. The Bertz CT molecular complexity index is 559. The summed E-state index contributed by atoms with van der Waals surface area (Å²) in [6.07, 6.45) is 3.13. The maximum absolute atomic E-state index is 9.21. The highest BCUT2D eigenvalue weighted by Gasteiger charge is 1.98. The molecule has 98 valence electrons. The van der Waals surface area contributed by atoms with Gasteiger partial charge in [0.05, 0.1) is 6.10 Å². The highest BCUT2D eigenvalue weighted by Crippen LogP contribution is 2.24. The van der Waals surface area contributed by atoms with E-state index in [1.807, 2.05) is 42.5 Å². The molecule has 0 heterocycles. The Morgan fingerprint density at radius 1 is 1.11 bits per heavy atom. The SMILES string of the molecule is CC(O)/C=C/c1cccc(Oc2ccc(Cl)cc2)c1. The van der Waals surface area contributed by atoms with Crippen molar-refractivity contribution < 1.29 is 9.84 Å². The van der Waals surface area contributed by atoms with Gasteiger partial charge in [0.15, 0.2) is 0 Å². The molecule has 0 aliphatic rings. The van der Waals surface area contributed by atoms with Crippen molar-refractivity contribution in [2.24, 2.45) is 0 Å². The van der Waals surface area contributed by atoms with Gasteiger partial charge in [0.1, 0.15) is 11.5 Å². The topological polar surface area (TPSA) is 29.5 Å². The van der Waals surface area contributed by atoms with Crippen LogP contribution in [0, 0.1) is 0 Å². The van der Waals surface area contributed by atoms with E-state index in [-0.39, 0.29) is 0 Å². The molecule has 0 spiro atoms.